The van der Waals surface area contributed by atoms with Crippen molar-refractivity contribution in [2.45, 2.75) is 19.3 Å². The maximum atomic E-state index is 8.58. The fourth-order valence-corrected chi connectivity index (χ4v) is 1.71. The number of primary amides is 1. The molecule has 0 radical (unpaired) electrons. The van der Waals surface area contributed by atoms with Crippen LogP contribution in [0.1, 0.15) is 19.3 Å². The molecule has 0 atom stereocenters. The number of amides is 1. The van der Waals surface area contributed by atoms with Crippen molar-refractivity contribution in [3.05, 3.63) is 0 Å². The first kappa shape index (κ1) is 8.82. The summed E-state index contributed by atoms with van der Waals surface area (Å²) in [5.41, 5.74) is 4.17. The third kappa shape index (κ3) is 7.82. The second-order valence-electron chi connectivity index (χ2n) is 1.81. The van der Waals surface area contributed by atoms with Gasteiger partial charge in [-0.3, -0.25) is 4.79 Å². The number of carbonyl (C=O) groups is 1. The lowest BCUT2D eigenvalue weighted by Crippen LogP contribution is -1.91. The zero-order valence-electron chi connectivity index (χ0n) is 5.51. The highest BCUT2D eigenvalue weighted by Gasteiger charge is 1.95. The van der Waals surface area contributed by atoms with Gasteiger partial charge in [-0.1, -0.05) is 6.42 Å². The van der Waals surface area contributed by atoms with E-state index in [1.54, 1.807) is 0 Å². The van der Waals surface area contributed by atoms with Gasteiger partial charge in [-0.25, -0.2) is 0 Å². The molecule has 2 nitrogen and oxygen atoms in total. The van der Waals surface area contributed by atoms with Gasteiger partial charge >= 0.3 is 0 Å². The van der Waals surface area contributed by atoms with Crippen molar-refractivity contribution in [1.29, 1.82) is 0 Å². The van der Waals surface area contributed by atoms with E-state index in [9.17, 15) is 0 Å². The Bertz CT molecular complexity index is 52.6. The predicted molar refractivity (Wildman–Crippen MR) is 41.4 cm³/mol. The number of nitrogens with two attached hydrogens (primary N) is 1. The normalized spacial score (nSPS) is 17.3. The first-order chi connectivity index (χ1) is 4.41. The van der Waals surface area contributed by atoms with Crippen LogP contribution in [0, 0.1) is 0 Å². The molecule has 0 aromatic rings. The van der Waals surface area contributed by atoms with Gasteiger partial charge in [0.2, 0.25) is 6.41 Å². The zero-order valence-corrected chi connectivity index (χ0v) is 6.32. The highest BCUT2D eigenvalue weighted by atomic mass is 32.2. The summed E-state index contributed by atoms with van der Waals surface area (Å²) in [4.78, 5) is 8.58. The average molecular weight is 147 g/mol. The summed E-state index contributed by atoms with van der Waals surface area (Å²) in [5, 5.41) is 0. The van der Waals surface area contributed by atoms with Crippen molar-refractivity contribution in [1.82, 2.24) is 0 Å². The van der Waals surface area contributed by atoms with Gasteiger partial charge in [0.05, 0.1) is 0 Å². The van der Waals surface area contributed by atoms with Gasteiger partial charge in [0.15, 0.2) is 0 Å². The fourth-order valence-electron chi connectivity index (χ4n) is 0.687. The predicted octanol–water partition coefficient (Wildman–Crippen LogP) is 1.00. The van der Waals surface area contributed by atoms with Crippen LogP contribution in [-0.2, 0) is 4.79 Å². The van der Waals surface area contributed by atoms with Crippen LogP contribution in [-0.4, -0.2) is 17.9 Å². The lowest BCUT2D eigenvalue weighted by molar-refractivity contribution is -0.106. The summed E-state index contributed by atoms with van der Waals surface area (Å²) >= 11 is 2.09. The van der Waals surface area contributed by atoms with Gasteiger partial charge < -0.3 is 5.73 Å². The Kier molecular flexibility index (Phi) is 7.66. The molecule has 1 aliphatic heterocycles. The summed E-state index contributed by atoms with van der Waals surface area (Å²) in [7, 11) is 0. The molecule has 0 aliphatic carbocycles. The second kappa shape index (κ2) is 7.82. The van der Waals surface area contributed by atoms with Gasteiger partial charge in [-0.2, -0.15) is 11.8 Å². The molecule has 1 heterocycles. The van der Waals surface area contributed by atoms with Gasteiger partial charge in [0.25, 0.3) is 0 Å². The highest BCUT2D eigenvalue weighted by molar-refractivity contribution is 7.99. The van der Waals surface area contributed by atoms with Crippen molar-refractivity contribution in [2.24, 2.45) is 5.73 Å². The number of thioether (sulfide) groups is 1. The molecule has 0 spiro atoms. The molecular weight excluding hydrogens is 134 g/mol. The highest BCUT2D eigenvalue weighted by Crippen LogP contribution is 2.14. The first-order valence-corrected chi connectivity index (χ1v) is 4.30. The summed E-state index contributed by atoms with van der Waals surface area (Å²) in [6, 6.07) is 0. The molecule has 1 rings (SSSR count). The van der Waals surface area contributed by atoms with Crippen molar-refractivity contribution in [3.63, 3.8) is 0 Å². The van der Waals surface area contributed by atoms with Crippen LogP contribution >= 0.6 is 11.8 Å². The molecule has 1 fully saturated rings. The minimum absolute atomic E-state index is 0.250. The molecular formula is C6H13NOS. The Morgan fingerprint density at radius 1 is 1.22 bits per heavy atom. The van der Waals surface area contributed by atoms with E-state index in [0.717, 1.165) is 0 Å². The molecule has 3 heteroatoms. The van der Waals surface area contributed by atoms with Crippen LogP contribution in [0.4, 0.5) is 0 Å². The molecule has 0 aromatic carbocycles. The lowest BCUT2D eigenvalue weighted by atomic mass is 10.3. The Labute approximate surface area is 60.2 Å². The van der Waals surface area contributed by atoms with E-state index in [2.05, 4.69) is 17.5 Å². The van der Waals surface area contributed by atoms with Gasteiger partial charge in [-0.15, -0.1) is 0 Å². The molecule has 0 unspecified atom stereocenters. The molecule has 1 aliphatic rings. The Morgan fingerprint density at radius 3 is 1.78 bits per heavy atom. The Hall–Kier alpha value is -0.180. The van der Waals surface area contributed by atoms with Crippen molar-refractivity contribution in [3.8, 4) is 0 Å². The maximum absolute atomic E-state index is 8.58. The van der Waals surface area contributed by atoms with Crippen LogP contribution in [0.25, 0.3) is 0 Å². The smallest absolute Gasteiger partial charge is 0.204 e. The van der Waals surface area contributed by atoms with Crippen molar-refractivity contribution < 1.29 is 4.79 Å². The van der Waals surface area contributed by atoms with Crippen molar-refractivity contribution in [2.75, 3.05) is 11.5 Å². The van der Waals surface area contributed by atoms with E-state index in [0.29, 0.717) is 0 Å². The minimum atomic E-state index is 0.250. The van der Waals surface area contributed by atoms with E-state index in [-0.39, 0.29) is 6.41 Å². The minimum Gasteiger partial charge on any atom is -0.372 e. The first-order valence-electron chi connectivity index (χ1n) is 3.15. The second-order valence-corrected chi connectivity index (χ2v) is 3.03. The monoisotopic (exact) mass is 147 g/mol. The third-order valence-corrected chi connectivity index (χ3v) is 2.23. The van der Waals surface area contributed by atoms with Crippen LogP contribution in [0.5, 0.6) is 0 Å². The largest absolute Gasteiger partial charge is 0.372 e. The molecule has 1 saturated heterocycles. The lowest BCUT2D eigenvalue weighted by Gasteiger charge is -2.05. The number of hydrogen-bond acceptors (Lipinski definition) is 2. The molecule has 1 amide bonds. The summed E-state index contributed by atoms with van der Waals surface area (Å²) in [5.74, 6) is 2.83. The topological polar surface area (TPSA) is 43.1 Å². The van der Waals surface area contributed by atoms with Gasteiger partial charge in [-0.05, 0) is 24.3 Å². The quantitative estimate of drug-likeness (QED) is 0.519. The molecule has 9 heavy (non-hydrogen) atoms. The summed E-state index contributed by atoms with van der Waals surface area (Å²) < 4.78 is 0. The van der Waals surface area contributed by atoms with Crippen LogP contribution in [0.2, 0.25) is 0 Å². The molecule has 0 saturated carbocycles. The van der Waals surface area contributed by atoms with E-state index in [1.165, 1.54) is 30.8 Å². The van der Waals surface area contributed by atoms with E-state index in [4.69, 9.17) is 4.79 Å². The maximum Gasteiger partial charge on any atom is 0.204 e. The SMILES string of the molecule is C1CCSCC1.NC=O. The molecule has 0 aromatic heterocycles. The van der Waals surface area contributed by atoms with Gasteiger partial charge in [0, 0.05) is 0 Å². The fraction of sp³-hybridized carbons (Fsp3) is 0.833. The van der Waals surface area contributed by atoms with E-state index in [1.807, 2.05) is 0 Å². The Morgan fingerprint density at radius 2 is 1.67 bits per heavy atom. The number of rotatable bonds is 0. The van der Waals surface area contributed by atoms with Crippen LogP contribution in [0.3, 0.4) is 0 Å². The van der Waals surface area contributed by atoms with Crippen LogP contribution < -0.4 is 5.73 Å². The standard InChI is InChI=1S/C5H10S.CH3NO/c1-2-4-6-5-3-1;2-1-3/h1-5H2;1H,(H2,2,3). The average Bonchev–Trinajstić information content (AvgIpc) is 1.93. The zero-order chi connectivity index (χ0) is 6.95. The molecule has 54 valence electrons. The van der Waals surface area contributed by atoms with E-state index >= 15 is 0 Å². The van der Waals surface area contributed by atoms with E-state index < -0.39 is 0 Å². The van der Waals surface area contributed by atoms with Crippen LogP contribution in [0.15, 0.2) is 0 Å². The summed E-state index contributed by atoms with van der Waals surface area (Å²) in [6.45, 7) is 0. The molecule has 2 N–H and O–H groups in total. The number of carbonyl (C=O) groups excluding carboxylic acids is 1. The molecule has 0 bridgehead atoms. The Balaban J connectivity index is 0.000000187. The number of hydrogen-bond donors (Lipinski definition) is 1. The third-order valence-electron chi connectivity index (χ3n) is 1.08. The summed E-state index contributed by atoms with van der Waals surface area (Å²) in [6.07, 6.45) is 4.66. The van der Waals surface area contributed by atoms with Crippen molar-refractivity contribution >= 4 is 18.2 Å². The van der Waals surface area contributed by atoms with Gasteiger partial charge in [0.1, 0.15) is 0 Å².